The zero-order valence-electron chi connectivity index (χ0n) is 17.9. The first kappa shape index (κ1) is 23.2. The van der Waals surface area contributed by atoms with Gasteiger partial charge in [0.15, 0.2) is 11.6 Å². The van der Waals surface area contributed by atoms with Crippen molar-refractivity contribution in [1.82, 2.24) is 9.78 Å². The zero-order valence-corrected chi connectivity index (χ0v) is 20.1. The fourth-order valence-corrected chi connectivity index (χ4v) is 4.04. The van der Waals surface area contributed by atoms with Gasteiger partial charge in [0.1, 0.15) is 23.1 Å². The van der Waals surface area contributed by atoms with E-state index in [0.717, 1.165) is 16.9 Å². The molecule has 1 N–H and O–H groups in total. The molecule has 0 saturated heterocycles. The summed E-state index contributed by atoms with van der Waals surface area (Å²) in [6.07, 6.45) is 1.59. The van der Waals surface area contributed by atoms with E-state index in [9.17, 15) is 4.79 Å². The Hall–Kier alpha value is -2.93. The van der Waals surface area contributed by atoms with Crippen LogP contribution in [-0.4, -0.2) is 15.7 Å². The van der Waals surface area contributed by atoms with Crippen molar-refractivity contribution in [2.24, 2.45) is 0 Å². The average molecular weight is 505 g/mol. The van der Waals surface area contributed by atoms with Crippen LogP contribution in [0.5, 0.6) is 5.75 Å². The van der Waals surface area contributed by atoms with Crippen LogP contribution in [0.15, 0.2) is 59.1 Å². The number of hydrogen-bond acceptors (Lipinski definition) is 4. The smallest absolute Gasteiger partial charge is 0.292 e. The molecule has 2 aromatic heterocycles. The van der Waals surface area contributed by atoms with Crippen molar-refractivity contribution in [3.8, 4) is 5.75 Å². The maximum atomic E-state index is 12.6. The molecule has 0 spiro atoms. The quantitative estimate of drug-likeness (QED) is 0.296. The van der Waals surface area contributed by atoms with Crippen LogP contribution in [0.1, 0.15) is 33.0 Å². The number of hydrogen-bond donors (Lipinski definition) is 1. The highest BCUT2D eigenvalue weighted by atomic mass is 35.5. The Balaban J connectivity index is 1.40. The number of amides is 1. The molecule has 0 atom stereocenters. The van der Waals surface area contributed by atoms with Crippen molar-refractivity contribution in [1.29, 1.82) is 0 Å². The highest BCUT2D eigenvalue weighted by molar-refractivity contribution is 6.36. The minimum absolute atomic E-state index is 0.119. The molecule has 6 nitrogen and oxygen atoms in total. The number of halogens is 3. The normalized spacial score (nSPS) is 10.9. The standard InChI is InChI=1S/C24H20Cl3N3O3/c1-14-8-15(2)10-17(9-14)32-13-16-6-7-22(33-16)24(31)28-23-21(27)12-30(29-23)11-18-19(25)4-3-5-20(18)26/h3-10,12H,11,13H2,1-2H3,(H,28,29,31). The minimum atomic E-state index is -0.476. The van der Waals surface area contributed by atoms with Gasteiger partial charge in [0.2, 0.25) is 0 Å². The SMILES string of the molecule is Cc1cc(C)cc(OCc2ccc(C(=O)Nc3nn(Cc4c(Cl)cccc4Cl)cc3Cl)o2)c1. The summed E-state index contributed by atoms with van der Waals surface area (Å²) in [4.78, 5) is 12.6. The number of rotatable bonds is 7. The molecular formula is C24H20Cl3N3O3. The Morgan fingerprint density at radius 2 is 1.73 bits per heavy atom. The van der Waals surface area contributed by atoms with Crippen LogP contribution in [0.3, 0.4) is 0 Å². The largest absolute Gasteiger partial charge is 0.486 e. The van der Waals surface area contributed by atoms with Gasteiger partial charge >= 0.3 is 0 Å². The van der Waals surface area contributed by atoms with E-state index in [-0.39, 0.29) is 23.2 Å². The molecule has 0 saturated carbocycles. The molecule has 170 valence electrons. The summed E-state index contributed by atoms with van der Waals surface area (Å²) in [7, 11) is 0. The summed E-state index contributed by atoms with van der Waals surface area (Å²) < 4.78 is 13.0. The van der Waals surface area contributed by atoms with Crippen LogP contribution in [-0.2, 0) is 13.2 Å². The average Bonchev–Trinajstić information content (AvgIpc) is 3.35. The number of furan rings is 1. The second-order valence-corrected chi connectivity index (χ2v) is 8.78. The first-order valence-corrected chi connectivity index (χ1v) is 11.2. The molecule has 0 unspecified atom stereocenters. The maximum Gasteiger partial charge on any atom is 0.292 e. The van der Waals surface area contributed by atoms with Crippen LogP contribution in [0.2, 0.25) is 15.1 Å². The van der Waals surface area contributed by atoms with Crippen LogP contribution in [0, 0.1) is 13.8 Å². The maximum absolute atomic E-state index is 12.6. The summed E-state index contributed by atoms with van der Waals surface area (Å²) in [6, 6.07) is 14.5. The van der Waals surface area contributed by atoms with E-state index in [2.05, 4.69) is 16.5 Å². The lowest BCUT2D eigenvalue weighted by Gasteiger charge is -2.07. The van der Waals surface area contributed by atoms with Crippen LogP contribution in [0.25, 0.3) is 0 Å². The van der Waals surface area contributed by atoms with E-state index in [1.54, 1.807) is 41.2 Å². The predicted octanol–water partition coefficient (Wildman–Crippen LogP) is 6.93. The molecule has 9 heteroatoms. The fourth-order valence-electron chi connectivity index (χ4n) is 3.33. The van der Waals surface area contributed by atoms with E-state index in [4.69, 9.17) is 44.0 Å². The van der Waals surface area contributed by atoms with E-state index in [1.807, 2.05) is 26.0 Å². The summed E-state index contributed by atoms with van der Waals surface area (Å²) in [5.41, 5.74) is 2.92. The Bertz CT molecular complexity index is 1270. The molecule has 0 fully saturated rings. The Labute approximate surface area is 206 Å². The van der Waals surface area contributed by atoms with E-state index in [0.29, 0.717) is 27.9 Å². The number of carbonyl (C=O) groups excluding carboxylic acids is 1. The van der Waals surface area contributed by atoms with Crippen LogP contribution >= 0.6 is 34.8 Å². The Kier molecular flexibility index (Phi) is 6.98. The third-order valence-corrected chi connectivity index (χ3v) is 5.78. The number of ether oxygens (including phenoxy) is 1. The highest BCUT2D eigenvalue weighted by Crippen LogP contribution is 2.27. The Morgan fingerprint density at radius 1 is 1.03 bits per heavy atom. The Morgan fingerprint density at radius 3 is 2.42 bits per heavy atom. The highest BCUT2D eigenvalue weighted by Gasteiger charge is 2.17. The van der Waals surface area contributed by atoms with Gasteiger partial charge in [-0.15, -0.1) is 0 Å². The summed E-state index contributed by atoms with van der Waals surface area (Å²) in [5.74, 6) is 1.11. The lowest BCUT2D eigenvalue weighted by molar-refractivity contribution is 0.0992. The van der Waals surface area contributed by atoms with Gasteiger partial charge in [-0.1, -0.05) is 46.9 Å². The lowest BCUT2D eigenvalue weighted by atomic mass is 10.1. The van der Waals surface area contributed by atoms with Crippen molar-refractivity contribution in [3.63, 3.8) is 0 Å². The second kappa shape index (κ2) is 9.91. The molecular weight excluding hydrogens is 485 g/mol. The number of nitrogens with zero attached hydrogens (tertiary/aromatic N) is 2. The molecule has 0 bridgehead atoms. The van der Waals surface area contributed by atoms with Gasteiger partial charge in [-0.3, -0.25) is 9.48 Å². The molecule has 0 radical (unpaired) electrons. The van der Waals surface area contributed by atoms with E-state index >= 15 is 0 Å². The summed E-state index contributed by atoms with van der Waals surface area (Å²) >= 11 is 18.7. The van der Waals surface area contributed by atoms with Gasteiger partial charge in [0, 0.05) is 21.8 Å². The van der Waals surface area contributed by atoms with Crippen molar-refractivity contribution >= 4 is 46.5 Å². The van der Waals surface area contributed by atoms with Gasteiger partial charge in [0.05, 0.1) is 6.54 Å². The first-order chi connectivity index (χ1) is 15.8. The van der Waals surface area contributed by atoms with Crippen molar-refractivity contribution in [3.05, 3.63) is 98.0 Å². The molecule has 4 rings (SSSR count). The topological polar surface area (TPSA) is 69.3 Å². The van der Waals surface area contributed by atoms with E-state index < -0.39 is 5.91 Å². The zero-order chi connectivity index (χ0) is 23.5. The molecule has 2 aromatic carbocycles. The molecule has 2 heterocycles. The van der Waals surface area contributed by atoms with Gasteiger partial charge in [-0.25, -0.2) is 0 Å². The molecule has 33 heavy (non-hydrogen) atoms. The van der Waals surface area contributed by atoms with E-state index in [1.165, 1.54) is 0 Å². The van der Waals surface area contributed by atoms with Crippen LogP contribution < -0.4 is 10.1 Å². The van der Waals surface area contributed by atoms with Gasteiger partial charge in [0.25, 0.3) is 5.91 Å². The number of aryl methyl sites for hydroxylation is 2. The van der Waals surface area contributed by atoms with Gasteiger partial charge in [-0.2, -0.15) is 5.10 Å². The number of nitrogens with one attached hydrogen (secondary N) is 1. The van der Waals surface area contributed by atoms with Gasteiger partial charge < -0.3 is 14.5 Å². The summed E-state index contributed by atoms with van der Waals surface area (Å²) in [5, 5.41) is 8.29. The third kappa shape index (κ3) is 5.71. The number of carbonyl (C=O) groups is 1. The predicted molar refractivity (Wildman–Crippen MR) is 130 cm³/mol. The molecule has 1 amide bonds. The monoisotopic (exact) mass is 503 g/mol. The first-order valence-electron chi connectivity index (χ1n) is 10.1. The van der Waals surface area contributed by atoms with Gasteiger partial charge in [-0.05, 0) is 61.4 Å². The second-order valence-electron chi connectivity index (χ2n) is 7.56. The van der Waals surface area contributed by atoms with Crippen molar-refractivity contribution in [2.45, 2.75) is 27.0 Å². The molecule has 0 aliphatic rings. The number of anilines is 1. The minimum Gasteiger partial charge on any atom is -0.486 e. The lowest BCUT2D eigenvalue weighted by Crippen LogP contribution is -2.12. The number of benzene rings is 2. The molecule has 4 aromatic rings. The third-order valence-electron chi connectivity index (χ3n) is 4.79. The summed E-state index contributed by atoms with van der Waals surface area (Å²) in [6.45, 7) is 4.51. The molecule has 0 aliphatic heterocycles. The number of aromatic nitrogens is 2. The van der Waals surface area contributed by atoms with Crippen molar-refractivity contribution < 1.29 is 13.9 Å². The molecule has 0 aliphatic carbocycles. The van der Waals surface area contributed by atoms with Crippen molar-refractivity contribution in [2.75, 3.05) is 5.32 Å². The fraction of sp³-hybridized carbons (Fsp3) is 0.167. The van der Waals surface area contributed by atoms with Crippen LogP contribution in [0.4, 0.5) is 5.82 Å².